The van der Waals surface area contributed by atoms with E-state index in [4.69, 9.17) is 5.11 Å². The van der Waals surface area contributed by atoms with E-state index in [9.17, 15) is 14.4 Å². The molecule has 0 saturated carbocycles. The van der Waals surface area contributed by atoms with Crippen molar-refractivity contribution in [3.63, 3.8) is 0 Å². The molecule has 27 heavy (non-hydrogen) atoms. The highest BCUT2D eigenvalue weighted by molar-refractivity contribution is 7.17. The Hall–Kier alpha value is -3.11. The van der Waals surface area contributed by atoms with Gasteiger partial charge in [-0.25, -0.2) is 14.5 Å². The number of nitrogens with zero attached hydrogens (tertiary/aromatic N) is 3. The fourth-order valence-electron chi connectivity index (χ4n) is 2.54. The van der Waals surface area contributed by atoms with Gasteiger partial charge in [0.05, 0.1) is 31.3 Å². The fourth-order valence-corrected chi connectivity index (χ4v) is 3.42. The van der Waals surface area contributed by atoms with Crippen molar-refractivity contribution in [2.45, 2.75) is 13.5 Å². The maximum absolute atomic E-state index is 12.8. The summed E-state index contributed by atoms with van der Waals surface area (Å²) in [7, 11) is 1.26. The number of anilines is 1. The molecule has 1 aromatic carbocycles. The number of methoxy groups -OCH3 is 1. The summed E-state index contributed by atoms with van der Waals surface area (Å²) >= 11 is 0.984. The molecule has 0 radical (unpaired) electrons. The van der Waals surface area contributed by atoms with Gasteiger partial charge in [-0.05, 0) is 13.0 Å². The molecule has 2 N–H and O–H groups in total. The number of ether oxygens (including phenoxy) is 1. The number of esters is 1. The lowest BCUT2D eigenvalue weighted by molar-refractivity contribution is 0.0605. The topological polar surface area (TPSA) is 123 Å². The standard InChI is InChI=1S/C17H16N4O5S/c1-9-13(16(25)26-2)27-17(18-9)19-14(23)12-10-5-3-4-6-11(10)15(24)21(20-12)7-8-22/h3-6,22H,7-8H2,1-2H3,(H,18,19,23). The predicted octanol–water partition coefficient (Wildman–Crippen LogP) is 1.19. The van der Waals surface area contributed by atoms with E-state index in [1.54, 1.807) is 31.2 Å². The number of aryl methyl sites for hydroxylation is 1. The zero-order chi connectivity index (χ0) is 19.6. The van der Waals surface area contributed by atoms with Crippen molar-refractivity contribution in [1.29, 1.82) is 0 Å². The Morgan fingerprint density at radius 2 is 2.00 bits per heavy atom. The van der Waals surface area contributed by atoms with E-state index < -0.39 is 17.4 Å². The van der Waals surface area contributed by atoms with Gasteiger partial charge < -0.3 is 9.84 Å². The Morgan fingerprint density at radius 3 is 2.67 bits per heavy atom. The van der Waals surface area contributed by atoms with Crippen molar-refractivity contribution in [2.24, 2.45) is 0 Å². The molecule has 0 fully saturated rings. The number of fused-ring (bicyclic) bond motifs is 1. The van der Waals surface area contributed by atoms with Crippen molar-refractivity contribution in [3.8, 4) is 0 Å². The molecule has 0 aliphatic carbocycles. The average Bonchev–Trinajstić information content (AvgIpc) is 3.03. The van der Waals surface area contributed by atoms with Crippen molar-refractivity contribution in [3.05, 3.63) is 50.9 Å². The summed E-state index contributed by atoms with van der Waals surface area (Å²) in [4.78, 5) is 41.3. The maximum atomic E-state index is 12.8. The highest BCUT2D eigenvalue weighted by Gasteiger charge is 2.20. The number of carbonyl (C=O) groups excluding carboxylic acids is 2. The van der Waals surface area contributed by atoms with E-state index in [0.29, 0.717) is 16.5 Å². The Kier molecular flexibility index (Phi) is 5.28. The summed E-state index contributed by atoms with van der Waals surface area (Å²) in [5.74, 6) is -1.12. The monoisotopic (exact) mass is 388 g/mol. The van der Waals surface area contributed by atoms with Crippen LogP contribution in [0.25, 0.3) is 10.8 Å². The summed E-state index contributed by atoms with van der Waals surface area (Å²) in [5, 5.41) is 16.7. The second-order valence-corrected chi connectivity index (χ2v) is 6.52. The third-order valence-corrected chi connectivity index (χ3v) is 4.84. The van der Waals surface area contributed by atoms with Crippen LogP contribution in [0.15, 0.2) is 29.1 Å². The van der Waals surface area contributed by atoms with Gasteiger partial charge in [-0.3, -0.25) is 14.9 Å². The fraction of sp³-hybridized carbons (Fsp3) is 0.235. The second-order valence-electron chi connectivity index (χ2n) is 5.53. The van der Waals surface area contributed by atoms with Gasteiger partial charge >= 0.3 is 5.97 Å². The molecule has 0 aliphatic heterocycles. The predicted molar refractivity (Wildman–Crippen MR) is 99.2 cm³/mol. The van der Waals surface area contributed by atoms with E-state index in [1.165, 1.54) is 7.11 Å². The van der Waals surface area contributed by atoms with Gasteiger partial charge in [-0.2, -0.15) is 5.10 Å². The molecule has 0 aliphatic rings. The van der Waals surface area contributed by atoms with E-state index in [0.717, 1.165) is 16.0 Å². The van der Waals surface area contributed by atoms with Crippen molar-refractivity contribution < 1.29 is 19.4 Å². The van der Waals surface area contributed by atoms with Crippen LogP contribution in [0.4, 0.5) is 5.13 Å². The lowest BCUT2D eigenvalue weighted by atomic mass is 10.1. The number of hydrogen-bond donors (Lipinski definition) is 2. The first kappa shape index (κ1) is 18.7. The Morgan fingerprint density at radius 1 is 1.30 bits per heavy atom. The summed E-state index contributed by atoms with van der Waals surface area (Å²) < 4.78 is 5.72. The molecule has 140 valence electrons. The quantitative estimate of drug-likeness (QED) is 0.629. The normalized spacial score (nSPS) is 10.8. The maximum Gasteiger partial charge on any atom is 0.350 e. The number of hydrogen-bond acceptors (Lipinski definition) is 8. The van der Waals surface area contributed by atoms with Gasteiger partial charge in [0.1, 0.15) is 4.88 Å². The molecule has 2 aromatic heterocycles. The van der Waals surface area contributed by atoms with Crippen LogP contribution < -0.4 is 10.9 Å². The lowest BCUT2D eigenvalue weighted by Crippen LogP contribution is -2.28. The van der Waals surface area contributed by atoms with Gasteiger partial charge in [-0.15, -0.1) is 0 Å². The van der Waals surface area contributed by atoms with Crippen molar-refractivity contribution in [2.75, 3.05) is 19.0 Å². The van der Waals surface area contributed by atoms with Gasteiger partial charge in [0.15, 0.2) is 10.8 Å². The van der Waals surface area contributed by atoms with Gasteiger partial charge in [-0.1, -0.05) is 29.5 Å². The average molecular weight is 388 g/mol. The van der Waals surface area contributed by atoms with E-state index >= 15 is 0 Å². The summed E-state index contributed by atoms with van der Waals surface area (Å²) in [6, 6.07) is 6.59. The minimum absolute atomic E-state index is 0.0196. The first-order chi connectivity index (χ1) is 13.0. The molecule has 2 heterocycles. The van der Waals surface area contributed by atoms with Gasteiger partial charge in [0, 0.05) is 5.39 Å². The molecule has 0 bridgehead atoms. The Balaban J connectivity index is 2.02. The lowest BCUT2D eigenvalue weighted by Gasteiger charge is -2.09. The number of carbonyl (C=O) groups is 2. The zero-order valence-electron chi connectivity index (χ0n) is 14.6. The molecule has 0 atom stereocenters. The third-order valence-electron chi connectivity index (χ3n) is 3.78. The molecule has 1 amide bonds. The molecule has 0 saturated heterocycles. The number of benzene rings is 1. The van der Waals surface area contributed by atoms with Crippen LogP contribution in [-0.2, 0) is 11.3 Å². The van der Waals surface area contributed by atoms with Crippen LogP contribution in [0, 0.1) is 6.92 Å². The van der Waals surface area contributed by atoms with E-state index in [1.807, 2.05) is 0 Å². The second kappa shape index (κ2) is 7.64. The summed E-state index contributed by atoms with van der Waals surface area (Å²) in [6.07, 6.45) is 0. The van der Waals surface area contributed by atoms with Crippen LogP contribution in [0.1, 0.15) is 25.9 Å². The highest BCUT2D eigenvalue weighted by Crippen LogP contribution is 2.24. The van der Waals surface area contributed by atoms with E-state index in [2.05, 4.69) is 20.1 Å². The van der Waals surface area contributed by atoms with Crippen LogP contribution in [0.2, 0.25) is 0 Å². The number of aliphatic hydroxyl groups is 1. The SMILES string of the molecule is COC(=O)c1sc(NC(=O)c2nn(CCO)c(=O)c3ccccc23)nc1C. The van der Waals surface area contributed by atoms with Gasteiger partial charge in [0.2, 0.25) is 0 Å². The largest absolute Gasteiger partial charge is 0.465 e. The minimum atomic E-state index is -0.581. The third kappa shape index (κ3) is 3.57. The number of rotatable bonds is 5. The van der Waals surface area contributed by atoms with Crippen LogP contribution in [0.5, 0.6) is 0 Å². The minimum Gasteiger partial charge on any atom is -0.465 e. The first-order valence-corrected chi connectivity index (χ1v) is 8.75. The Bertz CT molecular complexity index is 1090. The molecule has 10 heteroatoms. The number of amides is 1. The molecule has 0 unspecified atom stereocenters. The van der Waals surface area contributed by atoms with Crippen LogP contribution >= 0.6 is 11.3 Å². The number of aliphatic hydroxyl groups excluding tert-OH is 1. The van der Waals surface area contributed by atoms with Crippen LogP contribution in [0.3, 0.4) is 0 Å². The molecule has 0 spiro atoms. The molecule has 3 aromatic rings. The smallest absolute Gasteiger partial charge is 0.350 e. The van der Waals surface area contributed by atoms with Gasteiger partial charge in [0.25, 0.3) is 11.5 Å². The Labute approximate surface area is 157 Å². The van der Waals surface area contributed by atoms with E-state index in [-0.39, 0.29) is 28.9 Å². The number of nitrogens with one attached hydrogen (secondary N) is 1. The number of thiazole rings is 1. The molecule has 9 nitrogen and oxygen atoms in total. The van der Waals surface area contributed by atoms with Crippen molar-refractivity contribution in [1.82, 2.24) is 14.8 Å². The zero-order valence-corrected chi connectivity index (χ0v) is 15.4. The first-order valence-electron chi connectivity index (χ1n) is 7.94. The molecular weight excluding hydrogens is 372 g/mol. The number of aromatic nitrogens is 3. The highest BCUT2D eigenvalue weighted by atomic mass is 32.1. The van der Waals surface area contributed by atoms with Crippen molar-refractivity contribution >= 4 is 39.1 Å². The summed E-state index contributed by atoms with van der Waals surface area (Å²) in [5.41, 5.74) is 0.0607. The summed E-state index contributed by atoms with van der Waals surface area (Å²) in [6.45, 7) is 1.31. The molecular formula is C17H16N4O5S. The molecule has 3 rings (SSSR count). The van der Waals surface area contributed by atoms with Crippen LogP contribution in [-0.4, -0.2) is 45.5 Å².